The molecule has 4 rings (SSSR count). The molecule has 2 aliphatic rings. The van der Waals surface area contributed by atoms with Crippen LogP contribution in [0.2, 0.25) is 0 Å². The average molecular weight is 265 g/mol. The zero-order chi connectivity index (χ0) is 13.4. The average Bonchev–Trinajstić information content (AvgIpc) is 3.09. The van der Waals surface area contributed by atoms with Crippen LogP contribution in [0, 0.1) is 0 Å². The van der Waals surface area contributed by atoms with Crippen molar-refractivity contribution in [3.05, 3.63) is 60.4 Å². The van der Waals surface area contributed by atoms with Gasteiger partial charge in [0.25, 0.3) is 0 Å². The summed E-state index contributed by atoms with van der Waals surface area (Å²) in [4.78, 5) is 9.30. The van der Waals surface area contributed by atoms with Crippen molar-refractivity contribution in [1.82, 2.24) is 9.88 Å². The molecular weight excluding hydrogens is 246 g/mol. The van der Waals surface area contributed by atoms with E-state index in [-0.39, 0.29) is 0 Å². The van der Waals surface area contributed by atoms with Gasteiger partial charge in [0.15, 0.2) is 0 Å². The summed E-state index contributed by atoms with van der Waals surface area (Å²) in [5, 5.41) is 0. The molecule has 0 spiro atoms. The Balaban J connectivity index is 1.45. The third-order valence-electron chi connectivity index (χ3n) is 4.58. The van der Waals surface area contributed by atoms with E-state index in [1.54, 1.807) is 0 Å². The highest BCUT2D eigenvalue weighted by atomic mass is 15.3. The van der Waals surface area contributed by atoms with Crippen LogP contribution < -0.4 is 4.90 Å². The van der Waals surface area contributed by atoms with Gasteiger partial charge in [0.05, 0.1) is 0 Å². The largest absolute Gasteiger partial charge is 0.366 e. The summed E-state index contributed by atoms with van der Waals surface area (Å²) in [7, 11) is 0. The van der Waals surface area contributed by atoms with Crippen LogP contribution in [0.1, 0.15) is 12.0 Å². The maximum Gasteiger partial charge on any atom is 0.0433 e. The number of pyridine rings is 1. The first kappa shape index (κ1) is 11.9. The van der Waals surface area contributed by atoms with E-state index < -0.39 is 0 Å². The first-order valence-electron chi connectivity index (χ1n) is 7.35. The Morgan fingerprint density at radius 3 is 2.45 bits per heavy atom. The molecule has 2 bridgehead atoms. The van der Waals surface area contributed by atoms with Gasteiger partial charge in [-0.25, -0.2) is 0 Å². The van der Waals surface area contributed by atoms with Gasteiger partial charge in [0.2, 0.25) is 0 Å². The molecule has 3 heterocycles. The third-order valence-corrected chi connectivity index (χ3v) is 4.58. The molecule has 2 aromatic rings. The molecule has 0 radical (unpaired) electrons. The highest BCUT2D eigenvalue weighted by Crippen LogP contribution is 2.34. The summed E-state index contributed by atoms with van der Waals surface area (Å²) >= 11 is 0. The van der Waals surface area contributed by atoms with Crippen LogP contribution in [0.4, 0.5) is 5.69 Å². The third kappa shape index (κ3) is 2.08. The second-order valence-electron chi connectivity index (χ2n) is 5.82. The number of likely N-dealkylation sites (tertiary alicyclic amines) is 1. The molecule has 0 N–H and O–H groups in total. The Morgan fingerprint density at radius 2 is 1.75 bits per heavy atom. The Labute approximate surface area is 119 Å². The van der Waals surface area contributed by atoms with Crippen LogP contribution in [0.25, 0.3) is 0 Å². The molecule has 3 heteroatoms. The van der Waals surface area contributed by atoms with E-state index >= 15 is 0 Å². The maximum atomic E-state index is 4.11. The van der Waals surface area contributed by atoms with Gasteiger partial charge >= 0.3 is 0 Å². The number of nitrogens with zero attached hydrogens (tertiary/aromatic N) is 3. The van der Waals surface area contributed by atoms with Crippen molar-refractivity contribution in [1.29, 1.82) is 0 Å². The van der Waals surface area contributed by atoms with Crippen molar-refractivity contribution in [2.75, 3.05) is 18.0 Å². The van der Waals surface area contributed by atoms with Crippen molar-refractivity contribution in [3.63, 3.8) is 0 Å². The van der Waals surface area contributed by atoms with Gasteiger partial charge < -0.3 is 4.90 Å². The molecule has 3 nitrogen and oxygen atoms in total. The molecule has 0 amide bonds. The number of piperazine rings is 1. The molecule has 2 unspecified atom stereocenters. The van der Waals surface area contributed by atoms with Crippen molar-refractivity contribution in [2.45, 2.75) is 25.0 Å². The van der Waals surface area contributed by atoms with Gasteiger partial charge in [-0.3, -0.25) is 9.88 Å². The van der Waals surface area contributed by atoms with Gasteiger partial charge in [-0.15, -0.1) is 0 Å². The number of fused-ring (bicyclic) bond motifs is 2. The number of hydrogen-bond acceptors (Lipinski definition) is 3. The van der Waals surface area contributed by atoms with Crippen LogP contribution in [0.15, 0.2) is 54.9 Å². The molecule has 20 heavy (non-hydrogen) atoms. The summed E-state index contributed by atoms with van der Waals surface area (Å²) in [6.45, 7) is 3.43. The molecule has 102 valence electrons. The van der Waals surface area contributed by atoms with Crippen LogP contribution >= 0.6 is 0 Å². The minimum Gasteiger partial charge on any atom is -0.366 e. The number of aromatic nitrogens is 1. The predicted molar refractivity (Wildman–Crippen MR) is 80.6 cm³/mol. The second-order valence-corrected chi connectivity index (χ2v) is 5.82. The molecule has 1 aromatic heterocycles. The van der Waals surface area contributed by atoms with E-state index in [1.807, 2.05) is 12.4 Å². The molecular formula is C17H19N3. The Morgan fingerprint density at radius 1 is 0.950 bits per heavy atom. The molecule has 1 aromatic carbocycles. The zero-order valence-corrected chi connectivity index (χ0v) is 11.5. The summed E-state index contributed by atoms with van der Waals surface area (Å²) in [6.07, 6.45) is 5.08. The molecule has 2 aliphatic heterocycles. The summed E-state index contributed by atoms with van der Waals surface area (Å²) in [5.41, 5.74) is 2.75. The highest BCUT2D eigenvalue weighted by Gasteiger charge is 2.42. The van der Waals surface area contributed by atoms with E-state index in [0.717, 1.165) is 13.1 Å². The number of benzene rings is 1. The minimum absolute atomic E-state index is 0.672. The second kappa shape index (κ2) is 4.91. The fourth-order valence-corrected chi connectivity index (χ4v) is 3.61. The van der Waals surface area contributed by atoms with Crippen LogP contribution in [-0.2, 0) is 6.54 Å². The van der Waals surface area contributed by atoms with E-state index in [9.17, 15) is 0 Å². The van der Waals surface area contributed by atoms with E-state index in [2.05, 4.69) is 57.2 Å². The topological polar surface area (TPSA) is 19.4 Å². The van der Waals surface area contributed by atoms with Gasteiger partial charge in [0, 0.05) is 49.8 Å². The van der Waals surface area contributed by atoms with Gasteiger partial charge in [-0.05, 0) is 24.1 Å². The van der Waals surface area contributed by atoms with Gasteiger partial charge in [0.1, 0.15) is 0 Å². The van der Waals surface area contributed by atoms with E-state index in [1.165, 1.54) is 24.2 Å². The Hall–Kier alpha value is -1.87. The van der Waals surface area contributed by atoms with Crippen LogP contribution in [-0.4, -0.2) is 35.1 Å². The highest BCUT2D eigenvalue weighted by molar-refractivity contribution is 5.48. The SMILES string of the molecule is c1ccc(CN2CC3CC2CN3c2ccncc2)cc1. The lowest BCUT2D eigenvalue weighted by Crippen LogP contribution is -2.46. The lowest BCUT2D eigenvalue weighted by molar-refractivity contribution is 0.230. The Bertz CT molecular complexity index is 569. The van der Waals surface area contributed by atoms with E-state index in [4.69, 9.17) is 0 Å². The normalized spacial score (nSPS) is 25.3. The van der Waals surface area contributed by atoms with Crippen molar-refractivity contribution < 1.29 is 0 Å². The maximum absolute atomic E-state index is 4.11. The zero-order valence-electron chi connectivity index (χ0n) is 11.5. The lowest BCUT2D eigenvalue weighted by atomic mass is 10.2. The first-order chi connectivity index (χ1) is 9.90. The number of hydrogen-bond donors (Lipinski definition) is 0. The molecule has 0 saturated carbocycles. The minimum atomic E-state index is 0.672. The fourth-order valence-electron chi connectivity index (χ4n) is 3.61. The lowest BCUT2D eigenvalue weighted by Gasteiger charge is -2.35. The van der Waals surface area contributed by atoms with Gasteiger partial charge in [-0.2, -0.15) is 0 Å². The van der Waals surface area contributed by atoms with Crippen LogP contribution in [0.3, 0.4) is 0 Å². The molecule has 2 fully saturated rings. The number of anilines is 1. The summed E-state index contributed by atoms with van der Waals surface area (Å²) < 4.78 is 0. The predicted octanol–water partition coefficient (Wildman–Crippen LogP) is 2.54. The summed E-state index contributed by atoms with van der Waals surface area (Å²) in [6, 6.07) is 16.4. The Kier molecular flexibility index (Phi) is 2.92. The fraction of sp³-hybridized carbons (Fsp3) is 0.353. The van der Waals surface area contributed by atoms with Crippen molar-refractivity contribution in [3.8, 4) is 0 Å². The standard InChI is InChI=1S/C17H19N3/c1-2-4-14(5-3-1)11-19-12-17-10-16(19)13-20(17)15-6-8-18-9-7-15/h1-9,16-17H,10-13H2. The monoisotopic (exact) mass is 265 g/mol. The molecule has 2 saturated heterocycles. The van der Waals surface area contributed by atoms with E-state index in [0.29, 0.717) is 12.1 Å². The van der Waals surface area contributed by atoms with Crippen molar-refractivity contribution in [2.24, 2.45) is 0 Å². The quantitative estimate of drug-likeness (QED) is 0.850. The smallest absolute Gasteiger partial charge is 0.0433 e. The number of rotatable bonds is 3. The first-order valence-corrected chi connectivity index (χ1v) is 7.35. The summed E-state index contributed by atoms with van der Waals surface area (Å²) in [5.74, 6) is 0. The molecule has 2 atom stereocenters. The van der Waals surface area contributed by atoms with Crippen LogP contribution in [0.5, 0.6) is 0 Å². The van der Waals surface area contributed by atoms with Crippen molar-refractivity contribution >= 4 is 5.69 Å². The van der Waals surface area contributed by atoms with Gasteiger partial charge in [-0.1, -0.05) is 30.3 Å². The molecule has 0 aliphatic carbocycles.